The maximum atomic E-state index is 12.5. The number of benzene rings is 1. The molecule has 1 aromatic carbocycles. The number of hydrogen-bond acceptors (Lipinski definition) is 6. The lowest BCUT2D eigenvalue weighted by Gasteiger charge is -2.12. The van der Waals surface area contributed by atoms with Gasteiger partial charge in [0.05, 0.1) is 10.2 Å². The van der Waals surface area contributed by atoms with Gasteiger partial charge in [-0.2, -0.15) is 5.10 Å². The molecule has 3 heterocycles. The average Bonchev–Trinajstić information content (AvgIpc) is 3.16. The molecular formula is C15H12F3N5O2S. The van der Waals surface area contributed by atoms with Crippen LogP contribution in [0.15, 0.2) is 18.2 Å². The Labute approximate surface area is 148 Å². The third kappa shape index (κ3) is 3.35. The Kier molecular flexibility index (Phi) is 4.04. The first-order valence-corrected chi connectivity index (χ1v) is 8.45. The van der Waals surface area contributed by atoms with Gasteiger partial charge in [0, 0.05) is 36.8 Å². The largest absolute Gasteiger partial charge is 0.573 e. The summed E-state index contributed by atoms with van der Waals surface area (Å²) in [6.07, 6.45) is -4.00. The zero-order chi connectivity index (χ0) is 18.3. The molecule has 26 heavy (non-hydrogen) atoms. The van der Waals surface area contributed by atoms with Crippen molar-refractivity contribution in [2.75, 3.05) is 11.9 Å². The van der Waals surface area contributed by atoms with Crippen LogP contribution in [0.5, 0.6) is 5.75 Å². The van der Waals surface area contributed by atoms with Crippen molar-refractivity contribution in [2.24, 2.45) is 0 Å². The molecule has 3 N–H and O–H groups in total. The number of carbonyl (C=O) groups is 1. The molecule has 0 unspecified atom stereocenters. The topological polar surface area (TPSA) is 91.9 Å². The van der Waals surface area contributed by atoms with Gasteiger partial charge in [0.15, 0.2) is 10.8 Å². The standard InChI is InChI=1S/C15H12F3N5O2S/c16-15(17,18)25-7-1-2-10-11(5-7)26-14(20-10)21-13(24)12-8-6-19-4-3-9(8)22-23-12/h1-2,5,19H,3-4,6H2,(H,22,23)(H,20,21,24). The number of amides is 1. The van der Waals surface area contributed by atoms with Gasteiger partial charge >= 0.3 is 6.36 Å². The Morgan fingerprint density at radius 1 is 1.35 bits per heavy atom. The number of aromatic nitrogens is 3. The van der Waals surface area contributed by atoms with E-state index in [0.717, 1.165) is 35.6 Å². The number of nitrogens with one attached hydrogen (secondary N) is 3. The van der Waals surface area contributed by atoms with E-state index in [1.807, 2.05) is 0 Å². The zero-order valence-electron chi connectivity index (χ0n) is 13.1. The number of nitrogens with zero attached hydrogens (tertiary/aromatic N) is 2. The highest BCUT2D eigenvalue weighted by atomic mass is 32.1. The zero-order valence-corrected chi connectivity index (χ0v) is 13.9. The van der Waals surface area contributed by atoms with Gasteiger partial charge < -0.3 is 10.1 Å². The van der Waals surface area contributed by atoms with Crippen molar-refractivity contribution in [3.8, 4) is 5.75 Å². The van der Waals surface area contributed by atoms with Gasteiger partial charge in [-0.15, -0.1) is 13.2 Å². The fourth-order valence-corrected chi connectivity index (χ4v) is 3.61. The summed E-state index contributed by atoms with van der Waals surface area (Å²) in [4.78, 5) is 16.7. The summed E-state index contributed by atoms with van der Waals surface area (Å²) in [7, 11) is 0. The SMILES string of the molecule is O=C(Nc1nc2ccc(OC(F)(F)F)cc2s1)c1n[nH]c2c1CNCC2. The molecule has 0 saturated heterocycles. The van der Waals surface area contributed by atoms with Crippen molar-refractivity contribution in [1.82, 2.24) is 20.5 Å². The molecule has 0 spiro atoms. The molecular weight excluding hydrogens is 371 g/mol. The molecule has 0 aliphatic carbocycles. The van der Waals surface area contributed by atoms with Crippen LogP contribution < -0.4 is 15.4 Å². The van der Waals surface area contributed by atoms with E-state index in [2.05, 4.69) is 30.6 Å². The average molecular weight is 383 g/mol. The highest BCUT2D eigenvalue weighted by Gasteiger charge is 2.31. The third-order valence-electron chi connectivity index (χ3n) is 3.84. The fraction of sp³-hybridized carbons (Fsp3) is 0.267. The Hall–Kier alpha value is -2.66. The van der Waals surface area contributed by atoms with Gasteiger partial charge in [0.25, 0.3) is 5.91 Å². The Morgan fingerprint density at radius 3 is 3.00 bits per heavy atom. The van der Waals surface area contributed by atoms with Crippen molar-refractivity contribution >= 4 is 32.6 Å². The summed E-state index contributed by atoms with van der Waals surface area (Å²) in [6, 6.07) is 3.82. The molecule has 1 aliphatic rings. The summed E-state index contributed by atoms with van der Waals surface area (Å²) in [5.74, 6) is -0.754. The van der Waals surface area contributed by atoms with Crippen LogP contribution >= 0.6 is 11.3 Å². The predicted octanol–water partition coefficient (Wildman–Crippen LogP) is 2.82. The Morgan fingerprint density at radius 2 is 2.19 bits per heavy atom. The van der Waals surface area contributed by atoms with E-state index in [1.54, 1.807) is 0 Å². The molecule has 0 saturated carbocycles. The number of hydrogen-bond donors (Lipinski definition) is 3. The number of rotatable bonds is 3. The molecule has 7 nitrogen and oxygen atoms in total. The van der Waals surface area contributed by atoms with Crippen molar-refractivity contribution in [3.63, 3.8) is 0 Å². The van der Waals surface area contributed by atoms with Crippen molar-refractivity contribution in [1.29, 1.82) is 0 Å². The first-order valence-electron chi connectivity index (χ1n) is 7.63. The fourth-order valence-electron chi connectivity index (χ4n) is 2.72. The first kappa shape index (κ1) is 16.8. The van der Waals surface area contributed by atoms with E-state index >= 15 is 0 Å². The van der Waals surface area contributed by atoms with Crippen molar-refractivity contribution in [2.45, 2.75) is 19.3 Å². The minimum Gasteiger partial charge on any atom is -0.406 e. The smallest absolute Gasteiger partial charge is 0.406 e. The highest BCUT2D eigenvalue weighted by molar-refractivity contribution is 7.22. The molecule has 1 aliphatic heterocycles. The number of thiazole rings is 1. The van der Waals surface area contributed by atoms with Crippen LogP contribution in [0.25, 0.3) is 10.2 Å². The molecule has 11 heteroatoms. The van der Waals surface area contributed by atoms with Gasteiger partial charge in [0.1, 0.15) is 5.75 Å². The van der Waals surface area contributed by atoms with Crippen molar-refractivity contribution in [3.05, 3.63) is 35.2 Å². The maximum absolute atomic E-state index is 12.5. The molecule has 136 valence electrons. The van der Waals surface area contributed by atoms with Crippen LogP contribution in [0.2, 0.25) is 0 Å². The molecule has 4 rings (SSSR count). The Bertz CT molecular complexity index is 981. The number of fused-ring (bicyclic) bond motifs is 2. The number of H-pyrrole nitrogens is 1. The van der Waals surface area contributed by atoms with E-state index in [0.29, 0.717) is 16.8 Å². The lowest BCUT2D eigenvalue weighted by molar-refractivity contribution is -0.274. The molecule has 0 radical (unpaired) electrons. The maximum Gasteiger partial charge on any atom is 0.573 e. The summed E-state index contributed by atoms with van der Waals surface area (Å²) >= 11 is 1.06. The molecule has 1 amide bonds. The lowest BCUT2D eigenvalue weighted by atomic mass is 10.1. The number of halogens is 3. The minimum atomic E-state index is -4.76. The van der Waals surface area contributed by atoms with E-state index in [1.165, 1.54) is 18.2 Å². The second-order valence-corrected chi connectivity index (χ2v) is 6.64. The summed E-state index contributed by atoms with van der Waals surface area (Å²) in [5, 5.41) is 13.0. The van der Waals surface area contributed by atoms with Crippen LogP contribution in [0, 0.1) is 0 Å². The van der Waals surface area contributed by atoms with Crippen LogP contribution in [0.4, 0.5) is 18.3 Å². The van der Waals surface area contributed by atoms with Gasteiger partial charge in [-0.25, -0.2) is 4.98 Å². The summed E-state index contributed by atoms with van der Waals surface area (Å²) in [5.41, 5.74) is 2.49. The normalized spacial score (nSPS) is 14.3. The second kappa shape index (κ2) is 6.25. The first-order chi connectivity index (χ1) is 12.4. The number of carbonyl (C=O) groups excluding carboxylic acids is 1. The van der Waals surface area contributed by atoms with E-state index in [9.17, 15) is 18.0 Å². The highest BCUT2D eigenvalue weighted by Crippen LogP contribution is 2.32. The molecule has 0 atom stereocenters. The number of anilines is 1. The summed E-state index contributed by atoms with van der Waals surface area (Å²) in [6.45, 7) is 1.36. The van der Waals surface area contributed by atoms with Crippen LogP contribution in [-0.4, -0.2) is 34.0 Å². The van der Waals surface area contributed by atoms with E-state index in [-0.39, 0.29) is 16.6 Å². The van der Waals surface area contributed by atoms with Gasteiger partial charge in [-0.05, 0) is 12.1 Å². The molecule has 2 aromatic heterocycles. The van der Waals surface area contributed by atoms with Gasteiger partial charge in [0.2, 0.25) is 0 Å². The van der Waals surface area contributed by atoms with Gasteiger partial charge in [-0.1, -0.05) is 11.3 Å². The van der Waals surface area contributed by atoms with Gasteiger partial charge in [-0.3, -0.25) is 15.2 Å². The van der Waals surface area contributed by atoms with Crippen molar-refractivity contribution < 1.29 is 22.7 Å². The van der Waals surface area contributed by atoms with Crippen LogP contribution in [-0.2, 0) is 13.0 Å². The molecule has 3 aromatic rings. The Balaban J connectivity index is 1.55. The number of ether oxygens (including phenoxy) is 1. The summed E-state index contributed by atoms with van der Waals surface area (Å²) < 4.78 is 41.3. The second-order valence-electron chi connectivity index (χ2n) is 5.61. The third-order valence-corrected chi connectivity index (χ3v) is 4.77. The number of aromatic amines is 1. The predicted molar refractivity (Wildman–Crippen MR) is 88.3 cm³/mol. The van der Waals surface area contributed by atoms with E-state index < -0.39 is 12.3 Å². The number of alkyl halides is 3. The molecule has 0 bridgehead atoms. The van der Waals surface area contributed by atoms with E-state index in [4.69, 9.17) is 0 Å². The van der Waals surface area contributed by atoms with Crippen LogP contribution in [0.3, 0.4) is 0 Å². The van der Waals surface area contributed by atoms with Crippen LogP contribution in [0.1, 0.15) is 21.7 Å². The minimum absolute atomic E-state index is 0.273. The molecule has 0 fully saturated rings. The monoisotopic (exact) mass is 383 g/mol. The lowest BCUT2D eigenvalue weighted by Crippen LogP contribution is -2.25. The quantitative estimate of drug-likeness (QED) is 0.647.